The van der Waals surface area contributed by atoms with Gasteiger partial charge < -0.3 is 14.5 Å². The first-order valence-electron chi connectivity index (χ1n) is 9.58. The summed E-state index contributed by atoms with van der Waals surface area (Å²) < 4.78 is 11.4. The minimum Gasteiger partial charge on any atom is -0.481 e. The number of halogens is 5. The van der Waals surface area contributed by atoms with Gasteiger partial charge in [-0.3, -0.25) is 4.79 Å². The van der Waals surface area contributed by atoms with Gasteiger partial charge in [0, 0.05) is 15.7 Å². The lowest BCUT2D eigenvalue weighted by Crippen LogP contribution is -2.20. The average Bonchev–Trinajstić information content (AvgIpc) is 3.19. The van der Waals surface area contributed by atoms with Crippen LogP contribution < -0.4 is 10.1 Å². The number of nitrogens with zero attached hydrogens (tertiary/aromatic N) is 1. The molecule has 0 aliphatic heterocycles. The molecule has 0 saturated heterocycles. The molecule has 0 aliphatic rings. The van der Waals surface area contributed by atoms with E-state index in [1.165, 1.54) is 0 Å². The molecule has 170 valence electrons. The normalized spacial score (nSPS) is 11.1. The van der Waals surface area contributed by atoms with Gasteiger partial charge in [0.2, 0.25) is 5.89 Å². The molecule has 3 aromatic carbocycles. The molecule has 0 unspecified atom stereocenters. The van der Waals surface area contributed by atoms with Crippen LogP contribution in [-0.4, -0.2) is 17.5 Å². The molecule has 0 aliphatic carbocycles. The summed E-state index contributed by atoms with van der Waals surface area (Å²) in [7, 11) is 0. The molecule has 4 aromatic rings. The lowest BCUT2D eigenvalue weighted by molar-refractivity contribution is -0.118. The predicted octanol–water partition coefficient (Wildman–Crippen LogP) is 8.40. The van der Waals surface area contributed by atoms with Crippen LogP contribution in [0.4, 0.5) is 5.69 Å². The first-order valence-corrected chi connectivity index (χ1v) is 11.5. The number of benzene rings is 3. The number of hydrogen-bond donors (Lipinski definition) is 1. The third-order valence-electron chi connectivity index (χ3n) is 4.90. The lowest BCUT2D eigenvalue weighted by atomic mass is 10.1. The Morgan fingerprint density at radius 1 is 0.970 bits per heavy atom. The molecule has 5 nitrogen and oxygen atoms in total. The number of hydrogen-bond acceptors (Lipinski definition) is 4. The van der Waals surface area contributed by atoms with Gasteiger partial charge in [0.05, 0.1) is 20.6 Å². The zero-order chi connectivity index (χ0) is 23.9. The summed E-state index contributed by atoms with van der Waals surface area (Å²) in [6.45, 7) is 3.20. The molecule has 1 aromatic heterocycles. The summed E-state index contributed by atoms with van der Waals surface area (Å²) >= 11 is 31.0. The van der Waals surface area contributed by atoms with E-state index in [1.54, 1.807) is 50.2 Å². The Hall–Kier alpha value is -2.15. The molecule has 33 heavy (non-hydrogen) atoms. The van der Waals surface area contributed by atoms with Crippen molar-refractivity contribution in [3.8, 4) is 17.2 Å². The standard InChI is InChI=1S/C23H15Cl5N2O3/c1-10-19(26)11(2)21(28)22(20(10)27)32-9-18(31)29-13-4-6-17-16(8-13)30-23(33-17)14-5-3-12(24)7-15(14)25/h3-8H,9H2,1-2H3,(H,29,31). The van der Waals surface area contributed by atoms with Crippen molar-refractivity contribution in [1.29, 1.82) is 0 Å². The van der Waals surface area contributed by atoms with E-state index >= 15 is 0 Å². The van der Waals surface area contributed by atoms with Crippen molar-refractivity contribution in [2.75, 3.05) is 11.9 Å². The highest BCUT2D eigenvalue weighted by Crippen LogP contribution is 2.42. The molecule has 4 rings (SSSR count). The third kappa shape index (κ3) is 4.88. The minimum atomic E-state index is -0.406. The Labute approximate surface area is 214 Å². The number of fused-ring (bicyclic) bond motifs is 1. The van der Waals surface area contributed by atoms with E-state index in [2.05, 4.69) is 10.3 Å². The summed E-state index contributed by atoms with van der Waals surface area (Å²) in [5.41, 5.74) is 3.46. The van der Waals surface area contributed by atoms with E-state index < -0.39 is 5.91 Å². The Bertz CT molecular complexity index is 1370. The van der Waals surface area contributed by atoms with E-state index in [0.29, 0.717) is 54.4 Å². The van der Waals surface area contributed by atoms with Gasteiger partial charge in [-0.05, 0) is 61.4 Å². The third-order valence-corrected chi connectivity index (χ3v) is 6.92. The molecule has 1 N–H and O–H groups in total. The number of carbonyl (C=O) groups is 1. The monoisotopic (exact) mass is 542 g/mol. The number of amides is 1. The topological polar surface area (TPSA) is 64.4 Å². The molecule has 0 atom stereocenters. The molecule has 1 heterocycles. The van der Waals surface area contributed by atoms with Gasteiger partial charge in [-0.2, -0.15) is 0 Å². The summed E-state index contributed by atoms with van der Waals surface area (Å²) in [4.78, 5) is 16.9. The maximum Gasteiger partial charge on any atom is 0.262 e. The maximum atomic E-state index is 12.5. The Morgan fingerprint density at radius 3 is 2.33 bits per heavy atom. The average molecular weight is 545 g/mol. The molecular formula is C23H15Cl5N2O3. The highest BCUT2D eigenvalue weighted by molar-refractivity contribution is 6.42. The first kappa shape index (κ1) is 24.0. The van der Waals surface area contributed by atoms with Crippen LogP contribution in [0.5, 0.6) is 5.75 Å². The second-order valence-electron chi connectivity index (χ2n) is 7.18. The largest absolute Gasteiger partial charge is 0.481 e. The van der Waals surface area contributed by atoms with E-state index in [1.807, 2.05) is 0 Å². The SMILES string of the molecule is Cc1c(Cl)c(C)c(Cl)c(OCC(=O)Nc2ccc3oc(-c4ccc(Cl)cc4Cl)nc3c2)c1Cl. The molecule has 1 amide bonds. The van der Waals surface area contributed by atoms with Crippen LogP contribution in [0.25, 0.3) is 22.6 Å². The second kappa shape index (κ2) is 9.61. The number of oxazole rings is 1. The fourth-order valence-electron chi connectivity index (χ4n) is 3.16. The second-order valence-corrected chi connectivity index (χ2v) is 9.16. The summed E-state index contributed by atoms with van der Waals surface area (Å²) in [5, 5.41) is 4.67. The predicted molar refractivity (Wildman–Crippen MR) is 135 cm³/mol. The zero-order valence-electron chi connectivity index (χ0n) is 17.2. The minimum absolute atomic E-state index is 0.212. The maximum absolute atomic E-state index is 12.5. The highest BCUT2D eigenvalue weighted by Gasteiger charge is 2.19. The van der Waals surface area contributed by atoms with E-state index in [-0.39, 0.29) is 22.4 Å². The molecule has 0 spiro atoms. The molecule has 10 heteroatoms. The van der Waals surface area contributed by atoms with Crippen molar-refractivity contribution in [3.05, 3.63) is 72.6 Å². The van der Waals surface area contributed by atoms with Crippen molar-refractivity contribution in [1.82, 2.24) is 4.98 Å². The summed E-state index contributed by atoms with van der Waals surface area (Å²) in [6.07, 6.45) is 0. The van der Waals surface area contributed by atoms with Gasteiger partial charge in [0.1, 0.15) is 5.52 Å². The molecule has 0 radical (unpaired) electrons. The van der Waals surface area contributed by atoms with Gasteiger partial charge in [0.25, 0.3) is 5.91 Å². The van der Waals surface area contributed by atoms with Crippen molar-refractivity contribution < 1.29 is 13.9 Å². The van der Waals surface area contributed by atoms with Gasteiger partial charge in [-0.15, -0.1) is 0 Å². The number of rotatable bonds is 5. The first-order chi connectivity index (χ1) is 15.7. The fourth-order valence-corrected chi connectivity index (χ4v) is 4.47. The number of ether oxygens (including phenoxy) is 1. The number of anilines is 1. The number of aromatic nitrogens is 1. The summed E-state index contributed by atoms with van der Waals surface area (Å²) in [6, 6.07) is 10.1. The molecule has 0 saturated carbocycles. The van der Waals surface area contributed by atoms with E-state index in [0.717, 1.165) is 0 Å². The Kier molecular flexibility index (Phi) is 6.99. The fraction of sp³-hybridized carbons (Fsp3) is 0.130. The van der Waals surface area contributed by atoms with Crippen LogP contribution in [0.2, 0.25) is 25.1 Å². The highest BCUT2D eigenvalue weighted by atomic mass is 35.5. The van der Waals surface area contributed by atoms with Crippen LogP contribution in [0.1, 0.15) is 11.1 Å². The quantitative estimate of drug-likeness (QED) is 0.274. The van der Waals surface area contributed by atoms with Gasteiger partial charge in [0.15, 0.2) is 17.9 Å². The van der Waals surface area contributed by atoms with Crippen molar-refractivity contribution in [2.45, 2.75) is 13.8 Å². The Morgan fingerprint density at radius 2 is 1.67 bits per heavy atom. The van der Waals surface area contributed by atoms with Crippen LogP contribution in [-0.2, 0) is 4.79 Å². The van der Waals surface area contributed by atoms with Crippen LogP contribution in [0.15, 0.2) is 40.8 Å². The van der Waals surface area contributed by atoms with E-state index in [4.69, 9.17) is 67.2 Å². The molecule has 0 bridgehead atoms. The zero-order valence-corrected chi connectivity index (χ0v) is 21.0. The van der Waals surface area contributed by atoms with Gasteiger partial charge in [-0.25, -0.2) is 4.98 Å². The number of carbonyl (C=O) groups excluding carboxylic acids is 1. The Balaban J connectivity index is 1.50. The van der Waals surface area contributed by atoms with E-state index in [9.17, 15) is 4.79 Å². The lowest BCUT2D eigenvalue weighted by Gasteiger charge is -2.15. The van der Waals surface area contributed by atoms with Gasteiger partial charge >= 0.3 is 0 Å². The smallest absolute Gasteiger partial charge is 0.262 e. The summed E-state index contributed by atoms with van der Waals surface area (Å²) in [5.74, 6) is 0.150. The van der Waals surface area contributed by atoms with Crippen LogP contribution in [0.3, 0.4) is 0 Å². The van der Waals surface area contributed by atoms with Gasteiger partial charge in [-0.1, -0.05) is 58.0 Å². The molecular weight excluding hydrogens is 530 g/mol. The number of nitrogens with one attached hydrogen (secondary N) is 1. The van der Waals surface area contributed by atoms with Crippen molar-refractivity contribution in [2.24, 2.45) is 0 Å². The molecule has 0 fully saturated rings. The van der Waals surface area contributed by atoms with Crippen molar-refractivity contribution in [3.63, 3.8) is 0 Å². The van der Waals surface area contributed by atoms with Crippen LogP contribution >= 0.6 is 58.0 Å². The van der Waals surface area contributed by atoms with Crippen molar-refractivity contribution >= 4 is 80.7 Å². The van der Waals surface area contributed by atoms with Crippen LogP contribution in [0, 0.1) is 13.8 Å².